The number of benzene rings is 4. The van der Waals surface area contributed by atoms with Crippen molar-refractivity contribution >= 4 is 17.7 Å². The molecule has 3 amide bonds. The number of carbonyl (C=O) groups is 3. The molecule has 1 N–H and O–H groups in total. The SMILES string of the molecule is O=C1C=C(Oc2cccc(C3CCN(CCCOc4ccc([C@@H]5c6ccc(O)cc6CC[C@@H]5c5ccccc5)cc4)CC3)c2)CN1N1C(=O)CCCC1=O. The highest BCUT2D eigenvalue weighted by molar-refractivity contribution is 6.01. The van der Waals surface area contributed by atoms with Crippen molar-refractivity contribution in [1.29, 1.82) is 0 Å². The minimum Gasteiger partial charge on any atom is -0.508 e. The second kappa shape index (κ2) is 15.9. The van der Waals surface area contributed by atoms with Crippen molar-refractivity contribution in [3.05, 3.63) is 137 Å². The van der Waals surface area contributed by atoms with Gasteiger partial charge in [0.15, 0.2) is 0 Å². The van der Waals surface area contributed by atoms with Gasteiger partial charge in [-0.3, -0.25) is 14.4 Å². The molecular formula is C45H47N3O6. The topological polar surface area (TPSA) is 99.6 Å². The first-order chi connectivity index (χ1) is 26.4. The molecule has 3 aliphatic heterocycles. The molecule has 54 heavy (non-hydrogen) atoms. The number of carbonyl (C=O) groups excluding carboxylic acids is 3. The molecule has 4 aromatic carbocycles. The summed E-state index contributed by atoms with van der Waals surface area (Å²) < 4.78 is 12.3. The van der Waals surface area contributed by atoms with Gasteiger partial charge in [0.05, 0.1) is 6.61 Å². The number of fused-ring (bicyclic) bond motifs is 1. The largest absolute Gasteiger partial charge is 0.508 e. The van der Waals surface area contributed by atoms with Crippen molar-refractivity contribution in [2.75, 3.05) is 32.8 Å². The molecule has 3 heterocycles. The van der Waals surface area contributed by atoms with Gasteiger partial charge in [-0.1, -0.05) is 60.7 Å². The molecule has 0 bridgehead atoms. The molecule has 8 rings (SSSR count). The number of amides is 3. The second-order valence-corrected chi connectivity index (χ2v) is 14.9. The van der Waals surface area contributed by atoms with Gasteiger partial charge in [0, 0.05) is 31.4 Å². The van der Waals surface area contributed by atoms with Gasteiger partial charge in [0.1, 0.15) is 29.6 Å². The van der Waals surface area contributed by atoms with Crippen molar-refractivity contribution in [2.45, 2.75) is 69.1 Å². The van der Waals surface area contributed by atoms with Crippen molar-refractivity contribution in [1.82, 2.24) is 14.9 Å². The van der Waals surface area contributed by atoms with Crippen molar-refractivity contribution in [3.63, 3.8) is 0 Å². The van der Waals surface area contributed by atoms with Gasteiger partial charge in [-0.05, 0) is 128 Å². The van der Waals surface area contributed by atoms with Crippen LogP contribution in [0.15, 0.2) is 109 Å². The molecular weight excluding hydrogens is 679 g/mol. The quantitative estimate of drug-likeness (QED) is 0.127. The van der Waals surface area contributed by atoms with E-state index in [4.69, 9.17) is 9.47 Å². The summed E-state index contributed by atoms with van der Waals surface area (Å²) in [7, 11) is 0. The first-order valence-corrected chi connectivity index (χ1v) is 19.4. The minimum absolute atomic E-state index is 0.0609. The Labute approximate surface area is 316 Å². The first-order valence-electron chi connectivity index (χ1n) is 19.4. The van der Waals surface area contributed by atoms with Crippen LogP contribution in [0.3, 0.4) is 0 Å². The summed E-state index contributed by atoms with van der Waals surface area (Å²) in [4.78, 5) is 39.8. The van der Waals surface area contributed by atoms with Crippen LogP contribution in [-0.4, -0.2) is 70.5 Å². The summed E-state index contributed by atoms with van der Waals surface area (Å²) >= 11 is 0. The number of nitrogens with zero attached hydrogens (tertiary/aromatic N) is 3. The van der Waals surface area contributed by atoms with Gasteiger partial charge in [0.2, 0.25) is 11.8 Å². The highest BCUT2D eigenvalue weighted by atomic mass is 16.5. The zero-order chi connectivity index (χ0) is 37.0. The molecule has 278 valence electrons. The fourth-order valence-electron chi connectivity index (χ4n) is 8.73. The molecule has 0 radical (unpaired) electrons. The molecule has 0 spiro atoms. The number of imide groups is 1. The van der Waals surface area contributed by atoms with Crippen molar-refractivity contribution in [3.8, 4) is 17.2 Å². The van der Waals surface area contributed by atoms with Crippen LogP contribution in [0, 0.1) is 0 Å². The van der Waals surface area contributed by atoms with Crippen LogP contribution in [0.1, 0.15) is 90.5 Å². The number of ether oxygens (including phenoxy) is 2. The zero-order valence-electron chi connectivity index (χ0n) is 30.6. The molecule has 0 aromatic heterocycles. The van der Waals surface area contributed by atoms with Crippen LogP contribution in [0.25, 0.3) is 0 Å². The number of hydrogen-bond donors (Lipinski definition) is 1. The standard InChI is InChI=1S/C45H47N3O6/c49-36-16-20-41-35(27-36)15-19-40(32-7-2-1-3-8-32)45(41)33-13-17-37(18-14-33)53-26-6-23-46-24-21-31(22-25-46)34-9-4-10-38(28-34)54-39-29-44(52)47(30-39)48-42(50)11-5-12-43(48)51/h1-4,7-10,13-14,16-18,20,27-29,31,40,45,49H,5-6,11-12,15,19,21-26,30H2/t40-,45+/m1/s1. The number of hydrazine groups is 1. The first kappa shape index (κ1) is 35.6. The predicted molar refractivity (Wildman–Crippen MR) is 205 cm³/mol. The third-order valence-corrected chi connectivity index (χ3v) is 11.4. The van der Waals surface area contributed by atoms with E-state index < -0.39 is 5.91 Å². The van der Waals surface area contributed by atoms with E-state index in [0.717, 1.165) is 62.5 Å². The zero-order valence-corrected chi connectivity index (χ0v) is 30.6. The van der Waals surface area contributed by atoms with Crippen molar-refractivity contribution in [2.24, 2.45) is 0 Å². The summed E-state index contributed by atoms with van der Waals surface area (Å²) in [6.45, 7) is 3.73. The normalized spacial score (nSPS) is 20.9. The summed E-state index contributed by atoms with van der Waals surface area (Å²) in [5.41, 5.74) is 6.36. The maximum atomic E-state index is 12.6. The lowest BCUT2D eigenvalue weighted by Gasteiger charge is -2.35. The van der Waals surface area contributed by atoms with Crippen LogP contribution in [-0.2, 0) is 20.8 Å². The average Bonchev–Trinajstić information content (AvgIpc) is 3.55. The Kier molecular flexibility index (Phi) is 10.5. The van der Waals surface area contributed by atoms with Gasteiger partial charge < -0.3 is 19.5 Å². The molecule has 2 fully saturated rings. The highest BCUT2D eigenvalue weighted by Crippen LogP contribution is 2.47. The number of phenolic OH excluding ortho intramolecular Hbond substituents is 1. The van der Waals surface area contributed by atoms with E-state index in [1.54, 1.807) is 0 Å². The van der Waals surface area contributed by atoms with E-state index in [1.165, 1.54) is 38.9 Å². The number of piperidine rings is 2. The molecule has 1 aliphatic carbocycles. The molecule has 2 saturated heterocycles. The Bertz CT molecular complexity index is 2000. The number of phenols is 1. The molecule has 4 aromatic rings. The number of rotatable bonds is 11. The summed E-state index contributed by atoms with van der Waals surface area (Å²) in [6, 6.07) is 33.3. The van der Waals surface area contributed by atoms with E-state index in [-0.39, 0.29) is 37.1 Å². The van der Waals surface area contributed by atoms with E-state index in [0.29, 0.717) is 42.1 Å². The molecule has 0 saturated carbocycles. The molecule has 9 heteroatoms. The monoisotopic (exact) mass is 725 g/mol. The maximum Gasteiger partial charge on any atom is 0.269 e. The Balaban J connectivity index is 0.803. The van der Waals surface area contributed by atoms with E-state index in [9.17, 15) is 19.5 Å². The van der Waals surface area contributed by atoms with Gasteiger partial charge in [0.25, 0.3) is 5.91 Å². The van der Waals surface area contributed by atoms with Gasteiger partial charge in [-0.25, -0.2) is 5.01 Å². The van der Waals surface area contributed by atoms with E-state index >= 15 is 0 Å². The molecule has 0 unspecified atom stereocenters. The van der Waals surface area contributed by atoms with Crippen LogP contribution < -0.4 is 9.47 Å². The Morgan fingerprint density at radius 3 is 2.26 bits per heavy atom. The minimum atomic E-state index is -0.415. The number of aryl methyl sites for hydroxylation is 1. The van der Waals surface area contributed by atoms with E-state index in [1.807, 2.05) is 30.3 Å². The number of hydrogen-bond acceptors (Lipinski definition) is 7. The van der Waals surface area contributed by atoms with Crippen LogP contribution >= 0.6 is 0 Å². The smallest absolute Gasteiger partial charge is 0.269 e. The third-order valence-electron chi connectivity index (χ3n) is 11.4. The van der Waals surface area contributed by atoms with Crippen LogP contribution in [0.5, 0.6) is 17.2 Å². The summed E-state index contributed by atoms with van der Waals surface area (Å²) in [5, 5.41) is 12.3. The molecule has 4 aliphatic rings. The maximum absolute atomic E-state index is 12.6. The number of likely N-dealkylation sites (tertiary alicyclic amines) is 1. The fraction of sp³-hybridized carbons (Fsp3) is 0.356. The van der Waals surface area contributed by atoms with E-state index in [2.05, 4.69) is 71.6 Å². The molecule has 2 atom stereocenters. The lowest BCUT2D eigenvalue weighted by Crippen LogP contribution is -2.52. The van der Waals surface area contributed by atoms with Crippen molar-refractivity contribution < 1.29 is 29.0 Å². The lowest BCUT2D eigenvalue weighted by atomic mass is 9.69. The summed E-state index contributed by atoms with van der Waals surface area (Å²) in [6.07, 6.45) is 7.45. The Morgan fingerprint density at radius 2 is 1.48 bits per heavy atom. The fourth-order valence-corrected chi connectivity index (χ4v) is 8.73. The number of aromatic hydroxyl groups is 1. The Hall–Kier alpha value is -5.41. The second-order valence-electron chi connectivity index (χ2n) is 14.9. The average molecular weight is 726 g/mol. The predicted octanol–water partition coefficient (Wildman–Crippen LogP) is 7.46. The van der Waals surface area contributed by atoms with Crippen LogP contribution in [0.4, 0.5) is 0 Å². The van der Waals surface area contributed by atoms with Gasteiger partial charge in [-0.15, -0.1) is 0 Å². The Morgan fingerprint density at radius 1 is 0.722 bits per heavy atom. The highest BCUT2D eigenvalue weighted by Gasteiger charge is 2.38. The summed E-state index contributed by atoms with van der Waals surface area (Å²) in [5.74, 6) is 2.19. The lowest BCUT2D eigenvalue weighted by molar-refractivity contribution is -0.172. The van der Waals surface area contributed by atoms with Gasteiger partial charge >= 0.3 is 0 Å². The third kappa shape index (κ3) is 7.78. The molecule has 9 nitrogen and oxygen atoms in total. The van der Waals surface area contributed by atoms with Crippen LogP contribution in [0.2, 0.25) is 0 Å². The van der Waals surface area contributed by atoms with Gasteiger partial charge in [-0.2, -0.15) is 5.01 Å².